The third kappa shape index (κ3) is 2.48. The smallest absolute Gasteiger partial charge is 0.115 e. The minimum atomic E-state index is 0.621. The molecule has 0 amide bonds. The number of fused-ring (bicyclic) bond motifs is 1. The van der Waals surface area contributed by atoms with E-state index >= 15 is 0 Å². The van der Waals surface area contributed by atoms with Gasteiger partial charge in [0.2, 0.25) is 0 Å². The van der Waals surface area contributed by atoms with Crippen molar-refractivity contribution in [2.75, 3.05) is 5.32 Å². The fourth-order valence-corrected chi connectivity index (χ4v) is 2.10. The van der Waals surface area contributed by atoms with Gasteiger partial charge in [0.1, 0.15) is 6.33 Å². The van der Waals surface area contributed by atoms with E-state index in [0.29, 0.717) is 11.6 Å². The molecule has 0 unspecified atom stereocenters. The van der Waals surface area contributed by atoms with Crippen molar-refractivity contribution in [2.45, 2.75) is 6.54 Å². The number of pyridine rings is 1. The maximum Gasteiger partial charge on any atom is 0.115 e. The number of anilines is 1. The number of aromatic nitrogens is 3. The summed E-state index contributed by atoms with van der Waals surface area (Å²) in [5, 5.41) is 4.97. The first-order valence-electron chi connectivity index (χ1n) is 5.86. The van der Waals surface area contributed by atoms with E-state index < -0.39 is 0 Å². The number of rotatable bonds is 3. The second-order valence-corrected chi connectivity index (χ2v) is 4.46. The molecule has 5 heteroatoms. The summed E-state index contributed by atoms with van der Waals surface area (Å²) >= 11 is 6.16. The summed E-state index contributed by atoms with van der Waals surface area (Å²) in [5.41, 5.74) is 2.73. The standard InChI is InChI=1S/C14H11ClN4/c15-12-3-4-13(14-11(12)2-1-6-17-14)18-8-10-5-7-16-9-19-10/h1-7,9,18H,8H2. The van der Waals surface area contributed by atoms with Crippen molar-refractivity contribution in [3.8, 4) is 0 Å². The van der Waals surface area contributed by atoms with E-state index in [4.69, 9.17) is 11.6 Å². The van der Waals surface area contributed by atoms with Gasteiger partial charge in [-0.25, -0.2) is 9.97 Å². The van der Waals surface area contributed by atoms with E-state index in [0.717, 1.165) is 22.3 Å². The lowest BCUT2D eigenvalue weighted by atomic mass is 10.2. The summed E-state index contributed by atoms with van der Waals surface area (Å²) < 4.78 is 0. The lowest BCUT2D eigenvalue weighted by Crippen LogP contribution is -2.02. The Morgan fingerprint density at radius 1 is 1.05 bits per heavy atom. The van der Waals surface area contributed by atoms with Crippen LogP contribution in [0.5, 0.6) is 0 Å². The molecule has 94 valence electrons. The van der Waals surface area contributed by atoms with Gasteiger partial charge in [0, 0.05) is 17.8 Å². The number of nitrogens with zero attached hydrogens (tertiary/aromatic N) is 3. The molecule has 0 aliphatic heterocycles. The second-order valence-electron chi connectivity index (χ2n) is 4.05. The highest BCUT2D eigenvalue weighted by Gasteiger charge is 2.05. The lowest BCUT2D eigenvalue weighted by molar-refractivity contribution is 1.01. The van der Waals surface area contributed by atoms with Crippen LogP contribution in [0.1, 0.15) is 5.69 Å². The fraction of sp³-hybridized carbons (Fsp3) is 0.0714. The molecule has 4 nitrogen and oxygen atoms in total. The average Bonchev–Trinajstić information content (AvgIpc) is 2.48. The highest BCUT2D eigenvalue weighted by molar-refractivity contribution is 6.35. The number of hydrogen-bond acceptors (Lipinski definition) is 4. The number of nitrogens with one attached hydrogen (secondary N) is 1. The molecule has 3 rings (SSSR count). The van der Waals surface area contributed by atoms with E-state index in [9.17, 15) is 0 Å². The molecule has 0 aliphatic carbocycles. The van der Waals surface area contributed by atoms with E-state index in [1.807, 2.05) is 30.3 Å². The van der Waals surface area contributed by atoms with E-state index in [2.05, 4.69) is 20.3 Å². The summed E-state index contributed by atoms with van der Waals surface area (Å²) in [6.07, 6.45) is 5.02. The van der Waals surface area contributed by atoms with Crippen molar-refractivity contribution in [1.82, 2.24) is 15.0 Å². The van der Waals surface area contributed by atoms with Gasteiger partial charge in [-0.2, -0.15) is 0 Å². The lowest BCUT2D eigenvalue weighted by Gasteiger charge is -2.09. The van der Waals surface area contributed by atoms with Crippen LogP contribution in [0.3, 0.4) is 0 Å². The maximum atomic E-state index is 6.16. The fourth-order valence-electron chi connectivity index (χ4n) is 1.89. The van der Waals surface area contributed by atoms with Gasteiger partial charge in [-0.3, -0.25) is 4.98 Å². The van der Waals surface area contributed by atoms with Gasteiger partial charge in [-0.05, 0) is 30.3 Å². The Balaban J connectivity index is 1.91. The first-order valence-corrected chi connectivity index (χ1v) is 6.24. The Kier molecular flexibility index (Phi) is 3.25. The van der Waals surface area contributed by atoms with Crippen LogP contribution in [0.2, 0.25) is 5.02 Å². The number of hydrogen-bond donors (Lipinski definition) is 1. The molecule has 1 N–H and O–H groups in total. The van der Waals surface area contributed by atoms with Crippen molar-refractivity contribution in [1.29, 1.82) is 0 Å². The Hall–Kier alpha value is -2.20. The molecular weight excluding hydrogens is 260 g/mol. The predicted molar refractivity (Wildman–Crippen MR) is 76.1 cm³/mol. The molecule has 0 atom stereocenters. The third-order valence-corrected chi connectivity index (χ3v) is 3.15. The number of halogens is 1. The monoisotopic (exact) mass is 270 g/mol. The topological polar surface area (TPSA) is 50.7 Å². The summed E-state index contributed by atoms with van der Waals surface area (Å²) in [6, 6.07) is 9.51. The molecule has 19 heavy (non-hydrogen) atoms. The molecule has 1 aromatic carbocycles. The average molecular weight is 271 g/mol. The van der Waals surface area contributed by atoms with Crippen molar-refractivity contribution in [3.63, 3.8) is 0 Å². The van der Waals surface area contributed by atoms with Crippen LogP contribution in [0.25, 0.3) is 10.9 Å². The molecule has 0 saturated heterocycles. The minimum Gasteiger partial charge on any atom is -0.378 e. The summed E-state index contributed by atoms with van der Waals surface area (Å²) in [5.74, 6) is 0. The molecule has 0 saturated carbocycles. The van der Waals surface area contributed by atoms with Crippen molar-refractivity contribution in [2.24, 2.45) is 0 Å². The van der Waals surface area contributed by atoms with E-state index in [1.165, 1.54) is 6.33 Å². The van der Waals surface area contributed by atoms with Gasteiger partial charge < -0.3 is 5.32 Å². The molecule has 0 radical (unpaired) electrons. The van der Waals surface area contributed by atoms with Gasteiger partial charge in [-0.1, -0.05) is 11.6 Å². The van der Waals surface area contributed by atoms with Crippen LogP contribution in [0, 0.1) is 0 Å². The Morgan fingerprint density at radius 3 is 2.84 bits per heavy atom. The summed E-state index contributed by atoms with van der Waals surface area (Å²) in [6.45, 7) is 0.621. The van der Waals surface area contributed by atoms with Gasteiger partial charge in [-0.15, -0.1) is 0 Å². The summed E-state index contributed by atoms with van der Waals surface area (Å²) in [7, 11) is 0. The molecule has 0 aliphatic rings. The Bertz CT molecular complexity index is 700. The third-order valence-electron chi connectivity index (χ3n) is 2.82. The van der Waals surface area contributed by atoms with Crippen LogP contribution >= 0.6 is 11.6 Å². The zero-order valence-electron chi connectivity index (χ0n) is 10.0. The van der Waals surface area contributed by atoms with Crippen molar-refractivity contribution in [3.05, 3.63) is 59.8 Å². The molecule has 2 heterocycles. The van der Waals surface area contributed by atoms with Crippen LogP contribution in [-0.2, 0) is 6.54 Å². The van der Waals surface area contributed by atoms with Crippen molar-refractivity contribution >= 4 is 28.2 Å². The zero-order valence-corrected chi connectivity index (χ0v) is 10.8. The quantitative estimate of drug-likeness (QED) is 0.793. The van der Waals surface area contributed by atoms with Crippen LogP contribution in [0.15, 0.2) is 49.1 Å². The molecule has 2 aromatic heterocycles. The van der Waals surface area contributed by atoms with Crippen molar-refractivity contribution < 1.29 is 0 Å². The SMILES string of the molecule is Clc1ccc(NCc2ccncn2)c2ncccc12. The zero-order chi connectivity index (χ0) is 13.1. The molecule has 0 fully saturated rings. The van der Waals surface area contributed by atoms with E-state index in [1.54, 1.807) is 12.4 Å². The van der Waals surface area contributed by atoms with E-state index in [-0.39, 0.29) is 0 Å². The highest BCUT2D eigenvalue weighted by Crippen LogP contribution is 2.28. The molecule has 3 aromatic rings. The normalized spacial score (nSPS) is 10.6. The summed E-state index contributed by atoms with van der Waals surface area (Å²) in [4.78, 5) is 12.4. The van der Waals surface area contributed by atoms with Gasteiger partial charge in [0.25, 0.3) is 0 Å². The second kappa shape index (κ2) is 5.20. The first kappa shape index (κ1) is 11.9. The number of benzene rings is 1. The molecule has 0 spiro atoms. The van der Waals surface area contributed by atoms with Gasteiger partial charge in [0.15, 0.2) is 0 Å². The minimum absolute atomic E-state index is 0.621. The highest BCUT2D eigenvalue weighted by atomic mass is 35.5. The van der Waals surface area contributed by atoms with Crippen LogP contribution in [0.4, 0.5) is 5.69 Å². The first-order chi connectivity index (χ1) is 9.34. The Labute approximate surface area is 115 Å². The van der Waals surface area contributed by atoms with Crippen LogP contribution < -0.4 is 5.32 Å². The molecule has 0 bridgehead atoms. The largest absolute Gasteiger partial charge is 0.378 e. The maximum absolute atomic E-state index is 6.16. The van der Waals surface area contributed by atoms with Gasteiger partial charge >= 0.3 is 0 Å². The van der Waals surface area contributed by atoms with Crippen LogP contribution in [-0.4, -0.2) is 15.0 Å². The predicted octanol–water partition coefficient (Wildman–Crippen LogP) is 3.29. The van der Waals surface area contributed by atoms with Gasteiger partial charge in [0.05, 0.1) is 28.5 Å². The molecular formula is C14H11ClN4. The Morgan fingerprint density at radius 2 is 2.00 bits per heavy atom.